The first-order chi connectivity index (χ1) is 16.5. The van der Waals surface area contributed by atoms with Gasteiger partial charge < -0.3 is 24.5 Å². The molecule has 1 amide bonds. The molecule has 0 bridgehead atoms. The molecule has 4 rings (SSSR count). The molecule has 1 aliphatic heterocycles. The number of fused-ring (bicyclic) bond motifs is 1. The maximum Gasteiger partial charge on any atom is 0.251 e. The van der Waals surface area contributed by atoms with Gasteiger partial charge in [-0.2, -0.15) is 0 Å². The summed E-state index contributed by atoms with van der Waals surface area (Å²) in [5, 5.41) is 21.8. The van der Waals surface area contributed by atoms with Crippen molar-refractivity contribution in [3.63, 3.8) is 0 Å². The van der Waals surface area contributed by atoms with E-state index in [1.54, 1.807) is 37.4 Å². The number of nitrogens with zero attached hydrogens (tertiary/aromatic N) is 4. The van der Waals surface area contributed by atoms with Crippen molar-refractivity contribution in [1.29, 1.82) is 0 Å². The topological polar surface area (TPSA) is 102 Å². The zero-order valence-corrected chi connectivity index (χ0v) is 19.8. The molecule has 0 radical (unpaired) electrons. The number of rotatable bonds is 8. The van der Waals surface area contributed by atoms with Crippen LogP contribution >= 0.6 is 0 Å². The number of methoxy groups -OCH3 is 1. The van der Waals surface area contributed by atoms with Crippen LogP contribution in [-0.2, 0) is 19.5 Å². The predicted molar refractivity (Wildman–Crippen MR) is 127 cm³/mol. The van der Waals surface area contributed by atoms with E-state index in [4.69, 9.17) is 9.47 Å². The lowest BCUT2D eigenvalue weighted by atomic mass is 10.2. The maximum absolute atomic E-state index is 12.7. The van der Waals surface area contributed by atoms with Gasteiger partial charge in [0.25, 0.3) is 5.91 Å². The molecule has 3 aromatic rings. The number of benzene rings is 2. The minimum Gasteiger partial charge on any atom is -0.504 e. The molecule has 2 heterocycles. The van der Waals surface area contributed by atoms with Crippen LogP contribution in [0, 0.1) is 0 Å². The van der Waals surface area contributed by atoms with Crippen LogP contribution in [0.15, 0.2) is 42.5 Å². The molecule has 2 aromatic carbocycles. The summed E-state index contributed by atoms with van der Waals surface area (Å²) in [6, 6.07) is 12.3. The van der Waals surface area contributed by atoms with E-state index in [1.807, 2.05) is 26.0 Å². The van der Waals surface area contributed by atoms with Gasteiger partial charge in [0.2, 0.25) is 0 Å². The normalized spacial score (nSPS) is 14.7. The second kappa shape index (κ2) is 10.6. The lowest BCUT2D eigenvalue weighted by Gasteiger charge is -2.21. The van der Waals surface area contributed by atoms with Crippen molar-refractivity contribution in [3.05, 3.63) is 65.2 Å². The molecule has 1 atom stereocenters. The fourth-order valence-corrected chi connectivity index (χ4v) is 4.16. The summed E-state index contributed by atoms with van der Waals surface area (Å²) < 4.78 is 12.8. The van der Waals surface area contributed by atoms with Crippen LogP contribution in [0.4, 0.5) is 0 Å². The summed E-state index contributed by atoms with van der Waals surface area (Å²) in [5.74, 6) is 2.78. The SMILES string of the molecule is CCOc1cc(CN2CCc3nnc(C(C)NC(=O)c4cccc(OC)c4)n3CC2)ccc1O. The van der Waals surface area contributed by atoms with Crippen LogP contribution in [0.2, 0.25) is 0 Å². The van der Waals surface area contributed by atoms with Gasteiger partial charge in [0.1, 0.15) is 11.6 Å². The second-order valence-corrected chi connectivity index (χ2v) is 8.31. The Morgan fingerprint density at radius 1 is 1.18 bits per heavy atom. The highest BCUT2D eigenvalue weighted by atomic mass is 16.5. The summed E-state index contributed by atoms with van der Waals surface area (Å²) in [4.78, 5) is 15.1. The smallest absolute Gasteiger partial charge is 0.251 e. The van der Waals surface area contributed by atoms with E-state index in [2.05, 4.69) is 25.0 Å². The first-order valence-electron chi connectivity index (χ1n) is 11.5. The maximum atomic E-state index is 12.7. The average Bonchev–Trinajstić information content (AvgIpc) is 3.15. The first-order valence-corrected chi connectivity index (χ1v) is 11.5. The van der Waals surface area contributed by atoms with Crippen LogP contribution in [0.5, 0.6) is 17.2 Å². The molecule has 0 saturated carbocycles. The highest BCUT2D eigenvalue weighted by Gasteiger charge is 2.23. The first kappa shape index (κ1) is 23.6. The van der Waals surface area contributed by atoms with Gasteiger partial charge in [-0.15, -0.1) is 10.2 Å². The average molecular weight is 466 g/mol. The molecule has 0 fully saturated rings. The zero-order chi connectivity index (χ0) is 24.1. The molecule has 2 N–H and O–H groups in total. The Bertz CT molecular complexity index is 1150. The van der Waals surface area contributed by atoms with Crippen molar-refractivity contribution in [3.8, 4) is 17.2 Å². The third kappa shape index (κ3) is 5.31. The number of hydrogen-bond donors (Lipinski definition) is 2. The predicted octanol–water partition coefficient (Wildman–Crippen LogP) is 2.94. The number of phenolic OH excluding ortho intramolecular Hbond substituents is 1. The molecule has 34 heavy (non-hydrogen) atoms. The van der Waals surface area contributed by atoms with Crippen molar-refractivity contribution in [2.24, 2.45) is 0 Å². The number of aromatic nitrogens is 3. The Kier molecular flexibility index (Phi) is 7.32. The van der Waals surface area contributed by atoms with Crippen molar-refractivity contribution in [1.82, 2.24) is 25.0 Å². The number of carbonyl (C=O) groups is 1. The molecule has 1 aliphatic rings. The van der Waals surface area contributed by atoms with Crippen LogP contribution in [0.3, 0.4) is 0 Å². The van der Waals surface area contributed by atoms with Gasteiger partial charge in [0.15, 0.2) is 17.3 Å². The Balaban J connectivity index is 1.41. The van der Waals surface area contributed by atoms with E-state index in [9.17, 15) is 9.90 Å². The highest BCUT2D eigenvalue weighted by molar-refractivity contribution is 5.94. The largest absolute Gasteiger partial charge is 0.504 e. The van der Waals surface area contributed by atoms with Crippen LogP contribution < -0.4 is 14.8 Å². The minimum absolute atomic E-state index is 0.155. The van der Waals surface area contributed by atoms with Crippen molar-refractivity contribution >= 4 is 5.91 Å². The van der Waals surface area contributed by atoms with Gasteiger partial charge in [-0.25, -0.2) is 0 Å². The van der Waals surface area contributed by atoms with E-state index in [0.29, 0.717) is 23.7 Å². The fraction of sp³-hybridized carbons (Fsp3) is 0.400. The zero-order valence-electron chi connectivity index (χ0n) is 19.8. The summed E-state index contributed by atoms with van der Waals surface area (Å²) in [6.07, 6.45) is 0.764. The monoisotopic (exact) mass is 465 g/mol. The lowest BCUT2D eigenvalue weighted by molar-refractivity contribution is 0.0937. The molecular formula is C25H31N5O4. The number of amides is 1. The second-order valence-electron chi connectivity index (χ2n) is 8.31. The number of ether oxygens (including phenoxy) is 2. The summed E-state index contributed by atoms with van der Waals surface area (Å²) >= 11 is 0. The molecule has 9 nitrogen and oxygen atoms in total. The number of carbonyl (C=O) groups excluding carboxylic acids is 1. The molecular weight excluding hydrogens is 434 g/mol. The third-order valence-electron chi connectivity index (χ3n) is 5.94. The highest BCUT2D eigenvalue weighted by Crippen LogP contribution is 2.27. The quantitative estimate of drug-likeness (QED) is 0.527. The van der Waals surface area contributed by atoms with Crippen LogP contribution in [0.1, 0.15) is 47.5 Å². The Hall–Kier alpha value is -3.59. The van der Waals surface area contributed by atoms with Gasteiger partial charge in [-0.1, -0.05) is 12.1 Å². The molecule has 1 unspecified atom stereocenters. The number of phenols is 1. The standard InChI is InChI=1S/C25H31N5O4/c1-4-34-22-14-18(8-9-21(22)31)16-29-11-10-23-27-28-24(30(23)13-12-29)17(2)26-25(32)19-6-5-7-20(15-19)33-3/h5-9,14-15,17,31H,4,10-13,16H2,1-3H3,(H,26,32). The van der Waals surface area contributed by atoms with E-state index < -0.39 is 0 Å². The van der Waals surface area contributed by atoms with E-state index in [1.165, 1.54) is 0 Å². The minimum atomic E-state index is -0.294. The number of hydrogen-bond acceptors (Lipinski definition) is 7. The molecule has 0 saturated heterocycles. The van der Waals surface area contributed by atoms with Gasteiger partial charge in [0.05, 0.1) is 19.8 Å². The summed E-state index contributed by atoms with van der Waals surface area (Å²) in [7, 11) is 1.58. The number of aromatic hydroxyl groups is 1. The number of nitrogens with one attached hydrogen (secondary N) is 1. The van der Waals surface area contributed by atoms with Gasteiger partial charge in [-0.05, 0) is 49.7 Å². The summed E-state index contributed by atoms with van der Waals surface area (Å²) in [5.41, 5.74) is 1.62. The summed E-state index contributed by atoms with van der Waals surface area (Å²) in [6.45, 7) is 7.46. The van der Waals surface area contributed by atoms with Crippen molar-refractivity contribution in [2.45, 2.75) is 39.4 Å². The third-order valence-corrected chi connectivity index (χ3v) is 5.94. The van der Waals surface area contributed by atoms with Crippen molar-refractivity contribution < 1.29 is 19.4 Å². The molecule has 0 spiro atoms. The van der Waals surface area contributed by atoms with Crippen LogP contribution in [0.25, 0.3) is 0 Å². The Labute approximate surface area is 199 Å². The molecule has 9 heteroatoms. The molecule has 180 valence electrons. The van der Waals surface area contributed by atoms with Gasteiger partial charge >= 0.3 is 0 Å². The van der Waals surface area contributed by atoms with E-state index >= 15 is 0 Å². The Morgan fingerprint density at radius 2 is 2.03 bits per heavy atom. The van der Waals surface area contributed by atoms with E-state index in [0.717, 1.165) is 49.8 Å². The van der Waals surface area contributed by atoms with Crippen molar-refractivity contribution in [2.75, 3.05) is 26.8 Å². The van der Waals surface area contributed by atoms with Gasteiger partial charge in [-0.3, -0.25) is 9.69 Å². The fourth-order valence-electron chi connectivity index (χ4n) is 4.16. The van der Waals surface area contributed by atoms with Gasteiger partial charge in [0, 0.05) is 38.2 Å². The van der Waals surface area contributed by atoms with E-state index in [-0.39, 0.29) is 17.7 Å². The Morgan fingerprint density at radius 3 is 2.82 bits per heavy atom. The lowest BCUT2D eigenvalue weighted by Crippen LogP contribution is -2.30. The molecule has 1 aromatic heterocycles. The molecule has 0 aliphatic carbocycles. The van der Waals surface area contributed by atoms with Crippen LogP contribution in [-0.4, -0.2) is 57.5 Å².